The summed E-state index contributed by atoms with van der Waals surface area (Å²) in [6.45, 7) is 5.54. The molecule has 30 heteroatoms. The molecule has 0 aliphatic rings. The first-order valence-corrected chi connectivity index (χ1v) is 30.9. The van der Waals surface area contributed by atoms with Gasteiger partial charge in [-0.3, -0.25) is 38.9 Å². The fraction of sp³-hybridized carbons (Fsp3) is 0.519. The molecule has 0 heterocycles. The Hall–Kier alpha value is -6.32. The minimum Gasteiger partial charge on any atom is -0.379 e. The van der Waals surface area contributed by atoms with Crippen LogP contribution in [0.4, 0.5) is 0 Å². The summed E-state index contributed by atoms with van der Waals surface area (Å²) in [6.07, 6.45) is 0.208. The van der Waals surface area contributed by atoms with E-state index in [4.69, 9.17) is 29.6 Å². The monoisotopic (exact) mass is 1210 g/mol. The maximum Gasteiger partial charge on any atom is 0.251 e. The molecular formula is C52H78N10O17S3. The molecule has 6 amide bonds. The van der Waals surface area contributed by atoms with E-state index in [1.54, 1.807) is 20.8 Å². The lowest BCUT2D eigenvalue weighted by molar-refractivity contribution is -0.131. The first-order valence-electron chi connectivity index (χ1n) is 26.2. The minimum atomic E-state index is -3.93. The molecule has 0 fully saturated rings. The Morgan fingerprint density at radius 1 is 0.463 bits per heavy atom. The van der Waals surface area contributed by atoms with E-state index in [2.05, 4.69) is 37.2 Å². The number of aliphatic hydroxyl groups is 1. The van der Waals surface area contributed by atoms with Crippen LogP contribution < -0.4 is 52.6 Å². The van der Waals surface area contributed by atoms with Gasteiger partial charge in [-0.1, -0.05) is 20.8 Å². The Bertz CT molecular complexity index is 2810. The molecule has 1 unspecified atom stereocenters. The van der Waals surface area contributed by atoms with Crippen molar-refractivity contribution in [2.45, 2.75) is 105 Å². The highest BCUT2D eigenvalue weighted by atomic mass is 32.2. The Morgan fingerprint density at radius 3 is 1.16 bits per heavy atom. The molecule has 0 aromatic heterocycles. The number of nitrogens with two attached hydrogens (primary N) is 3. The first kappa shape index (κ1) is 69.9. The summed E-state index contributed by atoms with van der Waals surface area (Å²) in [5.74, 6) is -2.64. The van der Waals surface area contributed by atoms with Crippen LogP contribution in [0.3, 0.4) is 0 Å². The lowest BCUT2D eigenvalue weighted by Gasteiger charge is -2.34. The highest BCUT2D eigenvalue weighted by Crippen LogP contribution is 2.19. The predicted molar refractivity (Wildman–Crippen MR) is 300 cm³/mol. The van der Waals surface area contributed by atoms with Gasteiger partial charge in [0, 0.05) is 86.9 Å². The number of carbonyl (C=O) groups excluding carboxylic acids is 7. The number of hydrogen-bond acceptors (Lipinski definition) is 18. The lowest BCUT2D eigenvalue weighted by Crippen LogP contribution is -2.58. The lowest BCUT2D eigenvalue weighted by atomic mass is 9.88. The number of nitrogens with one attached hydrogen (secondary N) is 7. The fourth-order valence-corrected chi connectivity index (χ4v) is 8.82. The van der Waals surface area contributed by atoms with Gasteiger partial charge in [0.05, 0.1) is 54.3 Å². The van der Waals surface area contributed by atoms with E-state index in [0.29, 0.717) is 19.3 Å². The normalized spacial score (nSPS) is 12.4. The van der Waals surface area contributed by atoms with E-state index in [1.165, 1.54) is 72.8 Å². The number of benzene rings is 3. The molecule has 3 rings (SSSR count). The van der Waals surface area contributed by atoms with Crippen LogP contribution in [0.1, 0.15) is 110 Å². The number of sulfonamides is 3. The van der Waals surface area contributed by atoms with Crippen LogP contribution in [0.15, 0.2) is 87.5 Å². The van der Waals surface area contributed by atoms with Crippen molar-refractivity contribution in [3.8, 4) is 0 Å². The van der Waals surface area contributed by atoms with Gasteiger partial charge in [-0.15, -0.1) is 0 Å². The van der Waals surface area contributed by atoms with Crippen LogP contribution in [-0.2, 0) is 63.5 Å². The highest BCUT2D eigenvalue weighted by Gasteiger charge is 2.34. The zero-order valence-electron chi connectivity index (χ0n) is 46.3. The molecule has 0 aliphatic heterocycles. The van der Waals surface area contributed by atoms with E-state index in [0.717, 1.165) is 0 Å². The van der Waals surface area contributed by atoms with Gasteiger partial charge in [-0.2, -0.15) is 0 Å². The number of primary sulfonamides is 3. The Morgan fingerprint density at radius 2 is 0.805 bits per heavy atom. The SMILES string of the molecule is CC(C)(C)C(=O)CCCC(=O)NC(COCCC(=O)NCCCNC(=O)c1ccc(S(N)(=O)=O)cc1)(COCCC(=O)NCCCNC(=O)c1ccc(S(N)(=O)=O)cc1)COCCC(O)NCCCNC(=O)c1ccc(S(N)(=O)=O)cc1. The second kappa shape index (κ2) is 34.3. The Balaban J connectivity index is 1.59. The molecule has 0 bridgehead atoms. The molecule has 0 aliphatic carbocycles. The van der Waals surface area contributed by atoms with Gasteiger partial charge in [-0.25, -0.2) is 40.7 Å². The van der Waals surface area contributed by atoms with Crippen molar-refractivity contribution in [1.82, 2.24) is 37.2 Å². The number of hydrogen-bond donors (Lipinski definition) is 11. The molecule has 0 saturated heterocycles. The minimum absolute atomic E-state index is 0.0372. The quantitative estimate of drug-likeness (QED) is 0.0251. The van der Waals surface area contributed by atoms with E-state index < -0.39 is 70.9 Å². The third-order valence-electron chi connectivity index (χ3n) is 11.9. The number of aliphatic hydroxyl groups excluding tert-OH is 1. The molecule has 0 radical (unpaired) electrons. The van der Waals surface area contributed by atoms with Crippen molar-refractivity contribution < 1.29 is 78.1 Å². The van der Waals surface area contributed by atoms with Crippen molar-refractivity contribution in [1.29, 1.82) is 0 Å². The molecule has 456 valence electrons. The van der Waals surface area contributed by atoms with Gasteiger partial charge < -0.3 is 51.2 Å². The third-order valence-corrected chi connectivity index (χ3v) is 14.7. The van der Waals surface area contributed by atoms with Crippen LogP contribution >= 0.6 is 0 Å². The summed E-state index contributed by atoms with van der Waals surface area (Å²) < 4.78 is 87.1. The van der Waals surface area contributed by atoms with E-state index in [9.17, 15) is 63.9 Å². The molecule has 1 atom stereocenters. The van der Waals surface area contributed by atoms with Crippen molar-refractivity contribution in [3.05, 3.63) is 89.5 Å². The van der Waals surface area contributed by atoms with Gasteiger partial charge >= 0.3 is 0 Å². The van der Waals surface area contributed by atoms with Gasteiger partial charge in [0.1, 0.15) is 17.6 Å². The maximum atomic E-state index is 13.6. The number of carbonyl (C=O) groups is 7. The van der Waals surface area contributed by atoms with Crippen molar-refractivity contribution in [3.63, 3.8) is 0 Å². The summed E-state index contributed by atoms with van der Waals surface area (Å²) in [6, 6.07) is 15.3. The van der Waals surface area contributed by atoms with Crippen LogP contribution in [0.25, 0.3) is 0 Å². The number of ether oxygens (including phenoxy) is 3. The van der Waals surface area contributed by atoms with Gasteiger partial charge in [0.25, 0.3) is 17.7 Å². The van der Waals surface area contributed by atoms with Gasteiger partial charge in [-0.05, 0) is 105 Å². The fourth-order valence-electron chi connectivity index (χ4n) is 7.27. The summed E-state index contributed by atoms with van der Waals surface area (Å²) in [5.41, 5.74) is -1.40. The zero-order valence-corrected chi connectivity index (χ0v) is 48.7. The van der Waals surface area contributed by atoms with E-state index in [-0.39, 0.29) is 166 Å². The number of rotatable bonds is 39. The summed E-state index contributed by atoms with van der Waals surface area (Å²) in [5, 5.41) is 45.4. The van der Waals surface area contributed by atoms with Crippen molar-refractivity contribution in [2.75, 3.05) is 78.9 Å². The molecule has 82 heavy (non-hydrogen) atoms. The molecular weight excluding hydrogens is 1130 g/mol. The standard InChI is InChI=1S/C52H78N10O17S3/c1-51(2,3)43(63)8-4-9-47(67)62-52(34-77-31-22-44(64)56-25-5-28-59-48(68)37-10-16-40(17-11-37)80(53,71)72,35-78-32-23-45(65)57-26-6-29-60-49(69)38-12-18-41(19-13-38)81(54,73)74)36-79-33-24-46(66)58-27-7-30-61-50(70)39-14-20-42(21-15-39)82(55,75)76/h10-21,44,56,64H,4-9,22-36H2,1-3H3,(H,57,65)(H,58,66)(H,59,68)(H,60,69)(H,61,70)(H,62,67)(H2,53,71,72)(H2,54,73,74)(H2,55,75,76). The molecule has 3 aromatic rings. The Kier molecular flexibility index (Phi) is 29.3. The summed E-state index contributed by atoms with van der Waals surface area (Å²) in [7, 11) is -11.8. The number of ketones is 1. The first-order chi connectivity index (χ1) is 38.5. The second-order valence-corrected chi connectivity index (χ2v) is 24.7. The van der Waals surface area contributed by atoms with E-state index in [1.807, 2.05) is 0 Å². The topological polar surface area (TPSA) is 432 Å². The summed E-state index contributed by atoms with van der Waals surface area (Å²) in [4.78, 5) is 89.0. The van der Waals surface area contributed by atoms with Crippen LogP contribution in [0, 0.1) is 5.41 Å². The van der Waals surface area contributed by atoms with Crippen LogP contribution in [0.2, 0.25) is 0 Å². The number of Topliss-reactive ketones (excluding diaryl/α,β-unsaturated/α-hetero) is 1. The average Bonchev–Trinajstić information content (AvgIpc) is 3.44. The predicted octanol–water partition coefficient (Wildman–Crippen LogP) is -0.610. The Labute approximate surface area is 478 Å². The highest BCUT2D eigenvalue weighted by molar-refractivity contribution is 7.89. The van der Waals surface area contributed by atoms with Crippen molar-refractivity contribution in [2.24, 2.45) is 20.8 Å². The summed E-state index contributed by atoms with van der Waals surface area (Å²) >= 11 is 0. The molecule has 0 saturated carbocycles. The van der Waals surface area contributed by atoms with Crippen LogP contribution in [-0.4, -0.2) is 162 Å². The number of amides is 6. The van der Waals surface area contributed by atoms with Gasteiger partial charge in [0.15, 0.2) is 0 Å². The maximum absolute atomic E-state index is 13.6. The van der Waals surface area contributed by atoms with Crippen LogP contribution in [0.5, 0.6) is 0 Å². The third kappa shape index (κ3) is 27.6. The molecule has 3 aromatic carbocycles. The smallest absolute Gasteiger partial charge is 0.251 e. The van der Waals surface area contributed by atoms with Gasteiger partial charge in [0.2, 0.25) is 47.8 Å². The second-order valence-electron chi connectivity index (χ2n) is 20.0. The largest absolute Gasteiger partial charge is 0.379 e. The van der Waals surface area contributed by atoms with E-state index >= 15 is 0 Å². The molecule has 0 spiro atoms. The van der Waals surface area contributed by atoms with Crippen molar-refractivity contribution >= 4 is 71.3 Å². The average molecular weight is 1210 g/mol. The zero-order chi connectivity index (χ0) is 61.0. The molecule has 27 nitrogen and oxygen atoms in total. The molecule has 14 N–H and O–H groups in total.